The number of rotatable bonds is 24. The van der Waals surface area contributed by atoms with Crippen molar-refractivity contribution in [2.75, 3.05) is 61.7 Å². The van der Waals surface area contributed by atoms with Crippen LogP contribution in [0.5, 0.6) is 0 Å². The largest absolute Gasteiger partial charge is 0.469 e. The minimum atomic E-state index is -1.31. The molecule has 13 atom stereocenters. The fourth-order valence-corrected chi connectivity index (χ4v) is 7.21. The van der Waals surface area contributed by atoms with Gasteiger partial charge in [0.1, 0.15) is 12.4 Å². The molecule has 15 nitrogen and oxygen atoms in total. The Balaban J connectivity index is -0.000000597. The highest BCUT2D eigenvalue weighted by molar-refractivity contribution is 5.69. The molecule has 1 aliphatic heterocycles. The number of hydrogen-bond donors (Lipinski definition) is 4. The number of hydrogen-bond acceptors (Lipinski definition) is 15. The maximum Gasteiger partial charge on any atom is 0.307 e. The molecule has 0 aromatic heterocycles. The number of carbonyl (C=O) groups is 3. The third-order valence-corrected chi connectivity index (χ3v) is 10.8. The van der Waals surface area contributed by atoms with E-state index in [-0.39, 0.29) is 61.3 Å². The Hall–Kier alpha value is -1.79. The highest BCUT2D eigenvalue weighted by atomic mass is 16.7. The third-order valence-electron chi connectivity index (χ3n) is 10.8. The van der Waals surface area contributed by atoms with Gasteiger partial charge >= 0.3 is 11.9 Å². The number of carbonyl (C=O) groups excluding carboxylic acids is 3. The summed E-state index contributed by atoms with van der Waals surface area (Å²) in [6, 6.07) is 0.158. The molecular weight excluding hydrogens is 801 g/mol. The minimum absolute atomic E-state index is 0.00118. The second kappa shape index (κ2) is 36.4. The average Bonchev–Trinajstić information content (AvgIpc) is 3.21. The fourth-order valence-electron chi connectivity index (χ4n) is 7.21. The van der Waals surface area contributed by atoms with Crippen molar-refractivity contribution in [1.82, 2.24) is 9.80 Å². The summed E-state index contributed by atoms with van der Waals surface area (Å²) in [5.41, 5.74) is -1.71. The molecular formula is C47H98N2O13. The first-order valence-electron chi connectivity index (χ1n) is 22.9. The molecule has 1 heterocycles. The van der Waals surface area contributed by atoms with Gasteiger partial charge in [-0.1, -0.05) is 69.2 Å². The molecule has 1 rings (SSSR count). The molecule has 0 aromatic rings. The highest BCUT2D eigenvalue weighted by Crippen LogP contribution is 2.35. The van der Waals surface area contributed by atoms with Crippen LogP contribution < -0.4 is 0 Å². The Morgan fingerprint density at radius 2 is 1.48 bits per heavy atom. The predicted molar refractivity (Wildman–Crippen MR) is 248 cm³/mol. The van der Waals surface area contributed by atoms with Gasteiger partial charge in [0.25, 0.3) is 0 Å². The molecule has 4 N–H and O–H groups in total. The van der Waals surface area contributed by atoms with Gasteiger partial charge in [-0.25, -0.2) is 0 Å². The summed E-state index contributed by atoms with van der Waals surface area (Å²) in [6.07, 6.45) is 0.724. The maximum absolute atomic E-state index is 11.9. The van der Waals surface area contributed by atoms with Crippen LogP contribution in [-0.4, -0.2) is 171 Å². The van der Waals surface area contributed by atoms with Crippen LogP contribution in [0.1, 0.15) is 143 Å². The Labute approximate surface area is 378 Å². The normalized spacial score (nSPS) is 21.6. The van der Waals surface area contributed by atoms with Crippen molar-refractivity contribution < 1.29 is 63.2 Å². The number of esters is 2. The lowest BCUT2D eigenvalue weighted by molar-refractivity contribution is -0.266. The number of ether oxygens (including phenoxy) is 6. The number of aldehydes is 1. The first-order chi connectivity index (χ1) is 28.8. The molecule has 0 saturated carbocycles. The second-order valence-electron chi connectivity index (χ2n) is 17.5. The van der Waals surface area contributed by atoms with Crippen LogP contribution in [0.25, 0.3) is 0 Å². The van der Waals surface area contributed by atoms with Crippen LogP contribution in [0.15, 0.2) is 0 Å². The van der Waals surface area contributed by atoms with Crippen molar-refractivity contribution in [1.29, 1.82) is 0 Å². The molecule has 1 saturated heterocycles. The summed E-state index contributed by atoms with van der Waals surface area (Å²) in [6.45, 7) is 32.2. The van der Waals surface area contributed by atoms with Gasteiger partial charge in [0.15, 0.2) is 6.29 Å². The molecule has 62 heavy (non-hydrogen) atoms. The van der Waals surface area contributed by atoms with Crippen molar-refractivity contribution in [3.8, 4) is 0 Å². The van der Waals surface area contributed by atoms with E-state index in [1.807, 2.05) is 104 Å². The molecule has 0 aromatic carbocycles. The van der Waals surface area contributed by atoms with Crippen LogP contribution in [0, 0.1) is 23.2 Å². The quantitative estimate of drug-likeness (QED) is 0.0638. The minimum Gasteiger partial charge on any atom is -0.469 e. The van der Waals surface area contributed by atoms with Crippen LogP contribution in [0.4, 0.5) is 0 Å². The van der Waals surface area contributed by atoms with Crippen molar-refractivity contribution in [3.05, 3.63) is 0 Å². The predicted octanol–water partition coefficient (Wildman–Crippen LogP) is 6.14. The maximum atomic E-state index is 11.9. The van der Waals surface area contributed by atoms with Crippen molar-refractivity contribution in [2.45, 2.75) is 203 Å². The van der Waals surface area contributed by atoms with E-state index in [1.165, 1.54) is 14.0 Å². The molecule has 0 amide bonds. The first kappa shape index (κ1) is 66.8. The number of aliphatic hydroxyl groups excluding tert-OH is 3. The molecule has 7 unspecified atom stereocenters. The summed E-state index contributed by atoms with van der Waals surface area (Å²) in [7, 11) is 8.99. The molecule has 0 spiro atoms. The van der Waals surface area contributed by atoms with E-state index >= 15 is 0 Å². The molecule has 1 aliphatic rings. The van der Waals surface area contributed by atoms with Gasteiger partial charge < -0.3 is 63.4 Å². The summed E-state index contributed by atoms with van der Waals surface area (Å²) < 4.78 is 32.5. The zero-order chi connectivity index (χ0) is 49.6. The van der Waals surface area contributed by atoms with Gasteiger partial charge in [0.2, 0.25) is 0 Å². The second-order valence-corrected chi connectivity index (χ2v) is 17.5. The molecule has 0 aliphatic carbocycles. The van der Waals surface area contributed by atoms with E-state index < -0.39 is 47.5 Å². The SMILES string of the molecule is CC.CC.CCCOC(C)[C@@H](C)OC(C)=O.COC(=O)CCO.COCC(C)(C)C(O)C(C)N(C)C[C@H](C)C[C@@](C)(O)[C@H](OC1CC(N(C)C)CC(C)O1)[C@@H](C)[C@H](O)C(C)C=O. The Kier molecular flexibility index (Phi) is 39.3. The summed E-state index contributed by atoms with van der Waals surface area (Å²) in [5, 5.41) is 41.9. The highest BCUT2D eigenvalue weighted by Gasteiger charge is 2.45. The zero-order valence-corrected chi connectivity index (χ0v) is 43.2. The fraction of sp³-hybridized carbons (Fsp3) is 0.936. The van der Waals surface area contributed by atoms with E-state index in [0.717, 1.165) is 19.1 Å². The zero-order valence-electron chi connectivity index (χ0n) is 43.2. The smallest absolute Gasteiger partial charge is 0.307 e. The number of aliphatic hydroxyl groups is 4. The van der Waals surface area contributed by atoms with E-state index in [4.69, 9.17) is 28.8 Å². The summed E-state index contributed by atoms with van der Waals surface area (Å²) >= 11 is 0. The lowest BCUT2D eigenvalue weighted by Crippen LogP contribution is -2.54. The molecule has 0 bridgehead atoms. The number of likely N-dealkylation sites (N-methyl/N-ethyl adjacent to an activating group) is 1. The topological polar surface area (TPSA) is 194 Å². The van der Waals surface area contributed by atoms with E-state index in [1.54, 1.807) is 21.0 Å². The number of nitrogens with zero attached hydrogens (tertiary/aromatic N) is 2. The lowest BCUT2D eigenvalue weighted by Gasteiger charge is -2.45. The van der Waals surface area contributed by atoms with Crippen LogP contribution in [0.2, 0.25) is 0 Å². The third kappa shape index (κ3) is 28.2. The summed E-state index contributed by atoms with van der Waals surface area (Å²) in [4.78, 5) is 36.3. The van der Waals surface area contributed by atoms with Crippen LogP contribution >= 0.6 is 0 Å². The lowest BCUT2D eigenvalue weighted by atomic mass is 9.78. The van der Waals surface area contributed by atoms with Crippen LogP contribution in [0.3, 0.4) is 0 Å². The Bertz CT molecular complexity index is 1110. The Morgan fingerprint density at radius 3 is 1.90 bits per heavy atom. The monoisotopic (exact) mass is 899 g/mol. The van der Waals surface area contributed by atoms with Gasteiger partial charge in [-0.15, -0.1) is 0 Å². The van der Waals surface area contributed by atoms with Gasteiger partial charge in [-0.3, -0.25) is 9.59 Å². The van der Waals surface area contributed by atoms with Gasteiger partial charge in [0.05, 0.1) is 62.9 Å². The standard InChI is InChI=1S/C30H60N2O7.C9H18O3.C4H8O3.2C2H6/c1-19(16-32(11)23(5)27(35)29(6,7)18-37-12)15-30(8,36)28(22(4)26(34)20(2)17-33)39-25-14-24(31(9)10)13-21(3)38-25;1-5-6-11-7(2)8(3)12-9(4)10;1-7-4(6)2-3-5;2*1-2/h17,19-28,34-36H,13-16,18H2,1-12H3;7-8H,5-6H2,1-4H3;5H,2-3H2,1H3;2*1-2H3/t19-,20?,21?,22+,23?,24?,25?,26-,27?,28-,30-;7?,8-;;;/m11.../s1. The first-order valence-corrected chi connectivity index (χ1v) is 22.9. The van der Waals surface area contributed by atoms with Crippen molar-refractivity contribution >= 4 is 18.2 Å². The van der Waals surface area contributed by atoms with Gasteiger partial charge in [-0.05, 0) is 80.9 Å². The molecule has 15 heteroatoms. The average molecular weight is 899 g/mol. The van der Waals surface area contributed by atoms with Crippen molar-refractivity contribution in [2.24, 2.45) is 23.2 Å². The number of methoxy groups -OCH3 is 2. The van der Waals surface area contributed by atoms with Gasteiger partial charge in [-0.2, -0.15) is 0 Å². The van der Waals surface area contributed by atoms with E-state index in [2.05, 4.69) is 21.5 Å². The Morgan fingerprint density at radius 1 is 0.935 bits per heavy atom. The molecule has 374 valence electrons. The molecule has 1 fully saturated rings. The van der Waals surface area contributed by atoms with Crippen LogP contribution in [-0.2, 0) is 42.8 Å². The van der Waals surface area contributed by atoms with Crippen molar-refractivity contribution in [3.63, 3.8) is 0 Å². The van der Waals surface area contributed by atoms with Gasteiger partial charge in [0, 0.05) is 62.9 Å². The van der Waals surface area contributed by atoms with E-state index in [0.29, 0.717) is 32.6 Å². The summed E-state index contributed by atoms with van der Waals surface area (Å²) in [5.74, 6) is -1.69. The van der Waals surface area contributed by atoms with E-state index in [9.17, 15) is 29.7 Å². The molecule has 0 radical (unpaired) electrons.